The lowest BCUT2D eigenvalue weighted by atomic mass is 10.2. The van der Waals surface area contributed by atoms with E-state index in [2.05, 4.69) is 14.9 Å². The Kier molecular flexibility index (Phi) is 1.89. The molecule has 0 saturated heterocycles. The minimum absolute atomic E-state index is 0.0424. The second-order valence-electron chi connectivity index (χ2n) is 3.61. The van der Waals surface area contributed by atoms with E-state index in [1.807, 2.05) is 24.3 Å². The molecule has 0 radical (unpaired) electrons. The molecule has 0 atom stereocenters. The number of aromatic nitrogens is 2. The molecule has 17 heavy (non-hydrogen) atoms. The summed E-state index contributed by atoms with van der Waals surface area (Å²) in [6.45, 7) is 0. The number of hydrogen-bond donors (Lipinski definition) is 1. The van der Waals surface area contributed by atoms with E-state index in [4.69, 9.17) is 5.39 Å². The smallest absolute Gasteiger partial charge is 0.453 e. The van der Waals surface area contributed by atoms with Crippen LogP contribution in [0.15, 0.2) is 36.4 Å². The number of hydrogen-bond acceptors (Lipinski definition) is 4. The van der Waals surface area contributed by atoms with Crippen LogP contribution in [0.5, 0.6) is 5.75 Å². The Bertz CT molecular complexity index is 776. The second kappa shape index (κ2) is 3.39. The van der Waals surface area contributed by atoms with Gasteiger partial charge < -0.3 is 5.11 Å². The van der Waals surface area contributed by atoms with Crippen molar-refractivity contribution in [3.8, 4) is 5.75 Å². The average Bonchev–Trinajstić information content (AvgIpc) is 2.36. The van der Waals surface area contributed by atoms with Gasteiger partial charge in [0.25, 0.3) is 0 Å². The molecule has 0 aliphatic carbocycles. The normalized spacial score (nSPS) is 10.5. The van der Waals surface area contributed by atoms with Gasteiger partial charge in [-0.05, 0) is 24.3 Å². The maximum atomic E-state index is 9.56. The molecule has 0 spiro atoms. The molecule has 2 aromatic carbocycles. The highest BCUT2D eigenvalue weighted by Gasteiger charge is 2.20. The Hall–Kier alpha value is -2.74. The molecule has 5 nitrogen and oxygen atoms in total. The van der Waals surface area contributed by atoms with Gasteiger partial charge in [-0.25, -0.2) is 9.97 Å². The van der Waals surface area contributed by atoms with E-state index in [0.29, 0.717) is 16.6 Å². The summed E-state index contributed by atoms with van der Waals surface area (Å²) in [6, 6.07) is 10.5. The zero-order valence-corrected chi connectivity index (χ0v) is 8.70. The monoisotopic (exact) mass is 223 g/mol. The van der Waals surface area contributed by atoms with E-state index >= 15 is 0 Å². The summed E-state index contributed by atoms with van der Waals surface area (Å²) >= 11 is 0. The minimum atomic E-state index is -0.121. The van der Waals surface area contributed by atoms with Crippen LogP contribution in [0.1, 0.15) is 0 Å². The molecule has 3 aromatic rings. The number of benzene rings is 2. The Balaban J connectivity index is 2.53. The largest absolute Gasteiger partial charge is 0.501 e. The fraction of sp³-hybridized carbons (Fsp3) is 0. The van der Waals surface area contributed by atoms with Crippen LogP contribution in [0.4, 0.5) is 5.69 Å². The summed E-state index contributed by atoms with van der Waals surface area (Å²) < 4.78 is 0. The molecule has 1 heterocycles. The standard InChI is InChI=1S/C12H6N4O/c13-16-12-10(17)6-5-9-11(12)15-8-4-2-1-3-7(8)14-9/h1-6H/p+1. The van der Waals surface area contributed by atoms with Crippen LogP contribution in [-0.4, -0.2) is 15.1 Å². The van der Waals surface area contributed by atoms with Gasteiger partial charge in [-0.15, -0.1) is 0 Å². The summed E-state index contributed by atoms with van der Waals surface area (Å²) in [6.07, 6.45) is 0. The SMILES string of the molecule is N#[N+]c1c(O)ccc2nc3ccccc3nc12. The van der Waals surface area contributed by atoms with Gasteiger partial charge in [-0.2, -0.15) is 0 Å². The fourth-order valence-electron chi connectivity index (χ4n) is 1.76. The summed E-state index contributed by atoms with van der Waals surface area (Å²) in [5.41, 5.74) is 2.45. The van der Waals surface area contributed by atoms with Gasteiger partial charge in [-0.3, -0.25) is 0 Å². The predicted molar refractivity (Wildman–Crippen MR) is 63.5 cm³/mol. The third kappa shape index (κ3) is 1.35. The van der Waals surface area contributed by atoms with Gasteiger partial charge >= 0.3 is 5.69 Å². The van der Waals surface area contributed by atoms with Crippen LogP contribution in [-0.2, 0) is 0 Å². The summed E-state index contributed by atoms with van der Waals surface area (Å²) in [4.78, 5) is 11.8. The molecule has 0 aliphatic heterocycles. The molecule has 3 rings (SSSR count). The number of diazo groups is 1. The lowest BCUT2D eigenvalue weighted by molar-refractivity contribution is 0.479. The number of phenols is 1. The highest BCUT2D eigenvalue weighted by atomic mass is 16.3. The lowest BCUT2D eigenvalue weighted by Gasteiger charge is -1.98. The van der Waals surface area contributed by atoms with E-state index in [0.717, 1.165) is 5.52 Å². The van der Waals surface area contributed by atoms with E-state index in [9.17, 15) is 5.11 Å². The average molecular weight is 223 g/mol. The molecule has 0 bridgehead atoms. The molecule has 0 saturated carbocycles. The number of phenolic OH excluding ortho intramolecular Hbond substituents is 1. The van der Waals surface area contributed by atoms with Crippen molar-refractivity contribution in [2.45, 2.75) is 0 Å². The maximum absolute atomic E-state index is 9.56. The van der Waals surface area contributed by atoms with Crippen LogP contribution in [0.3, 0.4) is 0 Å². The molecule has 1 aromatic heterocycles. The fourth-order valence-corrected chi connectivity index (χ4v) is 1.76. The van der Waals surface area contributed by atoms with Crippen LogP contribution in [0.2, 0.25) is 0 Å². The van der Waals surface area contributed by atoms with Crippen LogP contribution in [0, 0.1) is 5.39 Å². The number of nitrogens with zero attached hydrogens (tertiary/aromatic N) is 4. The quantitative estimate of drug-likeness (QED) is 0.469. The Labute approximate surface area is 96.0 Å². The first-order chi connectivity index (χ1) is 8.29. The highest BCUT2D eigenvalue weighted by molar-refractivity contribution is 5.96. The highest BCUT2D eigenvalue weighted by Crippen LogP contribution is 2.33. The topological polar surface area (TPSA) is 74.2 Å². The third-order valence-electron chi connectivity index (χ3n) is 2.56. The number of aromatic hydroxyl groups is 1. The van der Waals surface area contributed by atoms with E-state index in [-0.39, 0.29) is 11.4 Å². The molecular formula is C12H7N4O+. The predicted octanol–water partition coefficient (Wildman–Crippen LogP) is 2.97. The van der Waals surface area contributed by atoms with Crippen LogP contribution in [0.25, 0.3) is 27.0 Å². The molecule has 0 fully saturated rings. The van der Waals surface area contributed by atoms with Crippen molar-refractivity contribution < 1.29 is 5.11 Å². The molecule has 0 unspecified atom stereocenters. The summed E-state index contributed by atoms with van der Waals surface area (Å²) in [7, 11) is 0. The molecular weight excluding hydrogens is 216 g/mol. The van der Waals surface area contributed by atoms with Gasteiger partial charge in [0.1, 0.15) is 0 Å². The zero-order valence-electron chi connectivity index (χ0n) is 8.70. The Morgan fingerprint density at radius 2 is 1.65 bits per heavy atom. The maximum Gasteiger partial charge on any atom is 0.453 e. The van der Waals surface area contributed by atoms with E-state index in [1.54, 1.807) is 6.07 Å². The van der Waals surface area contributed by atoms with Crippen molar-refractivity contribution >= 4 is 27.8 Å². The minimum Gasteiger partial charge on any atom is -0.501 e. The molecule has 0 amide bonds. The van der Waals surface area contributed by atoms with Gasteiger partial charge in [0.2, 0.25) is 11.1 Å². The van der Waals surface area contributed by atoms with Crippen molar-refractivity contribution in [3.63, 3.8) is 0 Å². The lowest BCUT2D eigenvalue weighted by Crippen LogP contribution is -1.87. The zero-order chi connectivity index (χ0) is 11.8. The first kappa shape index (κ1) is 9.48. The molecule has 80 valence electrons. The van der Waals surface area contributed by atoms with Gasteiger partial charge in [0.05, 0.1) is 16.6 Å². The van der Waals surface area contributed by atoms with E-state index in [1.165, 1.54) is 6.07 Å². The Morgan fingerprint density at radius 1 is 0.941 bits per heavy atom. The van der Waals surface area contributed by atoms with Crippen molar-refractivity contribution in [2.24, 2.45) is 0 Å². The Morgan fingerprint density at radius 3 is 2.35 bits per heavy atom. The van der Waals surface area contributed by atoms with Crippen molar-refractivity contribution in [1.82, 2.24) is 9.97 Å². The van der Waals surface area contributed by atoms with Crippen molar-refractivity contribution in [1.29, 1.82) is 5.39 Å². The van der Waals surface area contributed by atoms with Crippen LogP contribution < -0.4 is 0 Å². The summed E-state index contributed by atoms with van der Waals surface area (Å²) in [5.74, 6) is -0.121. The van der Waals surface area contributed by atoms with Crippen LogP contribution >= 0.6 is 0 Å². The molecule has 5 heteroatoms. The second-order valence-corrected chi connectivity index (χ2v) is 3.61. The number of fused-ring (bicyclic) bond motifs is 2. The molecule has 1 N–H and O–H groups in total. The third-order valence-corrected chi connectivity index (χ3v) is 2.56. The first-order valence-corrected chi connectivity index (χ1v) is 5.03. The summed E-state index contributed by atoms with van der Waals surface area (Å²) in [5, 5.41) is 18.4. The van der Waals surface area contributed by atoms with Crippen molar-refractivity contribution in [3.05, 3.63) is 41.4 Å². The number of rotatable bonds is 0. The van der Waals surface area contributed by atoms with Gasteiger partial charge in [-0.1, -0.05) is 12.1 Å². The van der Waals surface area contributed by atoms with Crippen molar-refractivity contribution in [2.75, 3.05) is 0 Å². The number of para-hydroxylation sites is 2. The first-order valence-electron chi connectivity index (χ1n) is 5.03. The molecule has 0 aliphatic rings. The van der Waals surface area contributed by atoms with Gasteiger partial charge in [0.15, 0.2) is 10.5 Å². The van der Waals surface area contributed by atoms with Gasteiger partial charge in [0, 0.05) is 0 Å². The van der Waals surface area contributed by atoms with E-state index < -0.39 is 0 Å².